The Hall–Kier alpha value is -3.71. The first kappa shape index (κ1) is 34.7. The molecule has 0 bridgehead atoms. The van der Waals surface area contributed by atoms with E-state index in [0.717, 1.165) is 0 Å². The summed E-state index contributed by atoms with van der Waals surface area (Å²) >= 11 is 0. The van der Waals surface area contributed by atoms with Crippen molar-refractivity contribution in [3.8, 4) is 0 Å². The third kappa shape index (κ3) is 4.28. The van der Waals surface area contributed by atoms with E-state index in [0.29, 0.717) is 11.1 Å². The molecule has 7 rings (SSSR count). The van der Waals surface area contributed by atoms with E-state index in [9.17, 15) is 24.0 Å². The number of allylic oxidation sites excluding steroid dienone is 1. The number of fused-ring (bicyclic) bond motifs is 2. The van der Waals surface area contributed by atoms with Crippen LogP contribution in [0.4, 0.5) is 0 Å². The molecule has 14 atom stereocenters. The van der Waals surface area contributed by atoms with Crippen LogP contribution in [0.5, 0.6) is 0 Å². The summed E-state index contributed by atoms with van der Waals surface area (Å²) in [5.74, 6) is -4.00. The average Bonchev–Trinajstić information content (AvgIpc) is 3.40. The van der Waals surface area contributed by atoms with Gasteiger partial charge < -0.3 is 37.6 Å². The standard InChI is InChI=1S/C37H46O13/c1-10-17(2)31(41)48-23-13-24(46-19(4)39)35(8)26-22(45-18(3)38)14-34(7)28(21-11-12-43-15-21)49-32(42)30-37(34,50-30)36(26,9)29(47-20(5)40)25-27(35)33(23,6)16-44-25/h10-12,15,22-30H,13-14,16H2,1-9H3. The van der Waals surface area contributed by atoms with Crippen LogP contribution < -0.4 is 0 Å². The fourth-order valence-electron chi connectivity index (χ4n) is 11.7. The molecule has 0 N–H and O–H groups in total. The molecular formula is C37H46O13. The van der Waals surface area contributed by atoms with E-state index in [1.54, 1.807) is 26.0 Å². The van der Waals surface area contributed by atoms with Crippen molar-refractivity contribution in [3.63, 3.8) is 0 Å². The van der Waals surface area contributed by atoms with Crippen molar-refractivity contribution in [1.29, 1.82) is 0 Å². The van der Waals surface area contributed by atoms with Crippen molar-refractivity contribution in [2.24, 2.45) is 33.5 Å². The molecule has 1 spiro atoms. The molecule has 50 heavy (non-hydrogen) atoms. The first-order valence-corrected chi connectivity index (χ1v) is 17.3. The Morgan fingerprint density at radius 1 is 0.880 bits per heavy atom. The zero-order chi connectivity index (χ0) is 36.3. The number of carbonyl (C=O) groups is 5. The maximum atomic E-state index is 13.8. The van der Waals surface area contributed by atoms with Gasteiger partial charge in [-0.15, -0.1) is 0 Å². The number of carbonyl (C=O) groups excluding carboxylic acids is 5. The summed E-state index contributed by atoms with van der Waals surface area (Å²) in [4.78, 5) is 66.2. The number of rotatable bonds is 6. The van der Waals surface area contributed by atoms with Gasteiger partial charge in [0.2, 0.25) is 0 Å². The van der Waals surface area contributed by atoms with Crippen LogP contribution in [0, 0.1) is 33.5 Å². The van der Waals surface area contributed by atoms with Crippen LogP contribution in [-0.4, -0.2) is 78.7 Å². The fourth-order valence-corrected chi connectivity index (χ4v) is 11.7. The molecule has 3 saturated heterocycles. The second kappa shape index (κ2) is 11.1. The number of epoxide rings is 1. The van der Waals surface area contributed by atoms with Gasteiger partial charge in [0.1, 0.15) is 36.1 Å². The van der Waals surface area contributed by atoms with Gasteiger partial charge in [-0.3, -0.25) is 14.4 Å². The van der Waals surface area contributed by atoms with Crippen molar-refractivity contribution >= 4 is 29.8 Å². The number of cyclic esters (lactones) is 1. The van der Waals surface area contributed by atoms with Crippen LogP contribution in [0.2, 0.25) is 0 Å². The lowest BCUT2D eigenvalue weighted by Crippen LogP contribution is -2.81. The van der Waals surface area contributed by atoms with E-state index in [1.807, 2.05) is 27.7 Å². The molecule has 6 fully saturated rings. The summed E-state index contributed by atoms with van der Waals surface area (Å²) < 4.78 is 49.9. The smallest absolute Gasteiger partial charge is 0.339 e. The van der Waals surface area contributed by atoms with E-state index in [1.165, 1.54) is 33.3 Å². The van der Waals surface area contributed by atoms with E-state index >= 15 is 0 Å². The average molecular weight is 699 g/mol. The van der Waals surface area contributed by atoms with Crippen LogP contribution in [0.15, 0.2) is 34.7 Å². The molecule has 1 aromatic heterocycles. The molecule has 6 aliphatic rings. The summed E-state index contributed by atoms with van der Waals surface area (Å²) in [6.07, 6.45) is -1.24. The Kier molecular flexibility index (Phi) is 7.74. The van der Waals surface area contributed by atoms with Gasteiger partial charge in [-0.2, -0.15) is 0 Å². The largest absolute Gasteiger partial charge is 0.472 e. The van der Waals surface area contributed by atoms with Gasteiger partial charge in [-0.1, -0.05) is 33.8 Å². The van der Waals surface area contributed by atoms with Gasteiger partial charge in [0.05, 0.1) is 25.2 Å². The van der Waals surface area contributed by atoms with E-state index in [-0.39, 0.29) is 19.4 Å². The maximum absolute atomic E-state index is 13.8. The van der Waals surface area contributed by atoms with Gasteiger partial charge in [0.15, 0.2) is 6.10 Å². The summed E-state index contributed by atoms with van der Waals surface area (Å²) in [6.45, 7) is 15.3. The number of furan rings is 1. The van der Waals surface area contributed by atoms with Crippen LogP contribution in [0.3, 0.4) is 0 Å². The van der Waals surface area contributed by atoms with E-state index in [4.69, 9.17) is 37.6 Å². The molecule has 0 amide bonds. The number of hydrogen-bond acceptors (Lipinski definition) is 13. The first-order valence-electron chi connectivity index (χ1n) is 17.3. The van der Waals surface area contributed by atoms with Crippen molar-refractivity contribution in [2.75, 3.05) is 6.61 Å². The van der Waals surface area contributed by atoms with Crippen LogP contribution >= 0.6 is 0 Å². The van der Waals surface area contributed by atoms with Crippen LogP contribution in [0.25, 0.3) is 0 Å². The van der Waals surface area contributed by atoms with Crippen molar-refractivity contribution in [1.82, 2.24) is 0 Å². The van der Waals surface area contributed by atoms with E-state index in [2.05, 4.69) is 0 Å². The predicted octanol–water partition coefficient (Wildman–Crippen LogP) is 4.17. The highest BCUT2D eigenvalue weighted by Gasteiger charge is 2.92. The molecule has 13 nitrogen and oxygen atoms in total. The normalized spacial score (nSPS) is 46.9. The van der Waals surface area contributed by atoms with Crippen LogP contribution in [0.1, 0.15) is 86.8 Å². The topological polar surface area (TPSA) is 166 Å². The fraction of sp³-hybridized carbons (Fsp3) is 0.703. The Morgan fingerprint density at radius 2 is 1.56 bits per heavy atom. The quantitative estimate of drug-likeness (QED) is 0.180. The summed E-state index contributed by atoms with van der Waals surface area (Å²) in [5.41, 5.74) is -4.51. The van der Waals surface area contributed by atoms with Crippen molar-refractivity contribution in [3.05, 3.63) is 35.8 Å². The first-order chi connectivity index (χ1) is 23.4. The summed E-state index contributed by atoms with van der Waals surface area (Å²) in [7, 11) is 0. The molecule has 3 aliphatic heterocycles. The Labute approximate surface area is 290 Å². The minimum Gasteiger partial charge on any atom is -0.472 e. The van der Waals surface area contributed by atoms with Crippen molar-refractivity contribution < 1.29 is 61.5 Å². The number of ether oxygens (including phenoxy) is 7. The molecular weight excluding hydrogens is 652 g/mol. The highest BCUT2D eigenvalue weighted by atomic mass is 16.7. The molecule has 13 heteroatoms. The van der Waals surface area contributed by atoms with Gasteiger partial charge in [0.25, 0.3) is 0 Å². The monoisotopic (exact) mass is 698 g/mol. The SMILES string of the molecule is CC=C(C)C(=O)OC1CC(OC(C)=O)C2(C)C3C(OCC13C)C(OC(C)=O)C1(C)C2C(OC(C)=O)CC2(C)C(c3ccoc3)OC(=O)C3OC321. The van der Waals surface area contributed by atoms with E-state index < -0.39 is 112 Å². The van der Waals surface area contributed by atoms with Gasteiger partial charge in [-0.25, -0.2) is 9.59 Å². The maximum Gasteiger partial charge on any atom is 0.339 e. The summed E-state index contributed by atoms with van der Waals surface area (Å²) in [6, 6.07) is 1.72. The molecule has 4 heterocycles. The molecule has 1 aromatic rings. The molecule has 14 unspecified atom stereocenters. The van der Waals surface area contributed by atoms with Gasteiger partial charge in [-0.05, 0) is 26.3 Å². The molecule has 0 radical (unpaired) electrons. The van der Waals surface area contributed by atoms with Crippen molar-refractivity contribution in [2.45, 2.75) is 123 Å². The third-order valence-corrected chi connectivity index (χ3v) is 13.4. The second-order valence-corrected chi connectivity index (χ2v) is 16.0. The zero-order valence-electron chi connectivity index (χ0n) is 29.9. The molecule has 272 valence electrons. The highest BCUT2D eigenvalue weighted by Crippen LogP contribution is 2.81. The minimum absolute atomic E-state index is 0.130. The second-order valence-electron chi connectivity index (χ2n) is 16.0. The lowest BCUT2D eigenvalue weighted by molar-refractivity contribution is -0.326. The molecule has 0 aromatic carbocycles. The van der Waals surface area contributed by atoms with Gasteiger partial charge in [0, 0.05) is 71.8 Å². The highest BCUT2D eigenvalue weighted by molar-refractivity contribution is 5.87. The predicted molar refractivity (Wildman–Crippen MR) is 169 cm³/mol. The summed E-state index contributed by atoms with van der Waals surface area (Å²) in [5, 5.41) is 0. The zero-order valence-corrected chi connectivity index (χ0v) is 29.9. The Morgan fingerprint density at radius 3 is 2.16 bits per heavy atom. The lowest BCUT2D eigenvalue weighted by atomic mass is 9.33. The Bertz CT molecular complexity index is 1670. The minimum atomic E-state index is -1.30. The lowest BCUT2D eigenvalue weighted by Gasteiger charge is -2.72. The van der Waals surface area contributed by atoms with Gasteiger partial charge >= 0.3 is 29.8 Å². The van der Waals surface area contributed by atoms with Crippen LogP contribution in [-0.2, 0) is 57.1 Å². The third-order valence-electron chi connectivity index (χ3n) is 13.4. The number of esters is 5. The molecule has 3 saturated carbocycles. The Balaban J connectivity index is 1.48. The number of hydrogen-bond donors (Lipinski definition) is 0. The molecule has 3 aliphatic carbocycles.